The van der Waals surface area contributed by atoms with E-state index in [0.29, 0.717) is 17.9 Å². The van der Waals surface area contributed by atoms with Gasteiger partial charge in [-0.1, -0.05) is 12.0 Å². The number of fused-ring (bicyclic) bond motifs is 1. The highest BCUT2D eigenvalue weighted by atomic mass is 32.1. The van der Waals surface area contributed by atoms with Gasteiger partial charge < -0.3 is 14.8 Å². The zero-order valence-corrected chi connectivity index (χ0v) is 12.9. The number of carbonyl (C=O) groups is 1. The van der Waals surface area contributed by atoms with E-state index in [0.717, 1.165) is 11.3 Å². The van der Waals surface area contributed by atoms with Gasteiger partial charge in [0.1, 0.15) is 6.61 Å². The molecule has 2 aromatic rings. The first-order valence-electron chi connectivity index (χ1n) is 6.84. The molecule has 3 rings (SSSR count). The van der Waals surface area contributed by atoms with Gasteiger partial charge in [-0.25, -0.2) is 0 Å². The first-order chi connectivity index (χ1) is 10.7. The van der Waals surface area contributed by atoms with Gasteiger partial charge in [0.25, 0.3) is 0 Å². The number of benzene rings is 1. The molecule has 0 saturated carbocycles. The number of ether oxygens (including phenoxy) is 2. The van der Waals surface area contributed by atoms with Crippen LogP contribution in [0, 0.1) is 12.3 Å². The first kappa shape index (κ1) is 14.5. The van der Waals surface area contributed by atoms with Gasteiger partial charge in [0.05, 0.1) is 12.8 Å². The number of amides is 1. The molecule has 1 aromatic heterocycles. The maximum absolute atomic E-state index is 11.9. The van der Waals surface area contributed by atoms with Crippen molar-refractivity contribution in [3.8, 4) is 23.8 Å². The van der Waals surface area contributed by atoms with Crippen LogP contribution in [0.5, 0.6) is 11.5 Å². The van der Waals surface area contributed by atoms with Crippen molar-refractivity contribution in [3.63, 3.8) is 0 Å². The Labute approximate surface area is 133 Å². The Balaban J connectivity index is 1.96. The molecule has 0 aliphatic carbocycles. The van der Waals surface area contributed by atoms with E-state index in [1.54, 1.807) is 18.4 Å². The van der Waals surface area contributed by atoms with Gasteiger partial charge in [-0.15, -0.1) is 17.8 Å². The van der Waals surface area contributed by atoms with E-state index in [2.05, 4.69) is 11.2 Å². The molecule has 4 nitrogen and oxygen atoms in total. The predicted octanol–water partition coefficient (Wildman–Crippen LogP) is 3.24. The summed E-state index contributed by atoms with van der Waals surface area (Å²) in [5, 5.41) is 4.89. The van der Waals surface area contributed by atoms with Gasteiger partial charge in [0, 0.05) is 17.2 Å². The molecule has 0 spiro atoms. The molecule has 5 heteroatoms. The number of thiophene rings is 1. The zero-order chi connectivity index (χ0) is 15.5. The molecule has 0 fully saturated rings. The summed E-state index contributed by atoms with van der Waals surface area (Å²) >= 11 is 1.65. The number of anilines is 1. The molecule has 112 valence electrons. The number of rotatable bonds is 4. The largest absolute Gasteiger partial charge is 0.493 e. The van der Waals surface area contributed by atoms with Crippen LogP contribution in [-0.2, 0) is 4.79 Å². The van der Waals surface area contributed by atoms with Crippen molar-refractivity contribution in [1.29, 1.82) is 0 Å². The van der Waals surface area contributed by atoms with Gasteiger partial charge in [0.2, 0.25) is 5.91 Å². The second-order valence-electron chi connectivity index (χ2n) is 4.91. The van der Waals surface area contributed by atoms with Crippen molar-refractivity contribution < 1.29 is 14.3 Å². The summed E-state index contributed by atoms with van der Waals surface area (Å²) in [5.41, 5.74) is 1.93. The average molecular weight is 313 g/mol. The minimum Gasteiger partial charge on any atom is -0.493 e. The molecule has 1 unspecified atom stereocenters. The predicted molar refractivity (Wildman–Crippen MR) is 86.7 cm³/mol. The summed E-state index contributed by atoms with van der Waals surface area (Å²) in [6.07, 6.45) is 5.64. The van der Waals surface area contributed by atoms with E-state index in [9.17, 15) is 4.79 Å². The number of terminal acetylenes is 1. The Kier molecular flexibility index (Phi) is 4.03. The minimum atomic E-state index is 0.0301. The molecule has 1 atom stereocenters. The second-order valence-corrected chi connectivity index (χ2v) is 5.85. The maximum atomic E-state index is 11.9. The summed E-state index contributed by atoms with van der Waals surface area (Å²) in [7, 11) is 1.59. The van der Waals surface area contributed by atoms with Crippen molar-refractivity contribution in [3.05, 3.63) is 40.1 Å². The number of hydrogen-bond acceptors (Lipinski definition) is 4. The first-order valence-corrected chi connectivity index (χ1v) is 7.72. The number of hydrogen-bond donors (Lipinski definition) is 1. The Bertz CT molecular complexity index is 745. The maximum Gasteiger partial charge on any atom is 0.225 e. The Morgan fingerprint density at radius 2 is 2.27 bits per heavy atom. The topological polar surface area (TPSA) is 47.6 Å². The monoisotopic (exact) mass is 313 g/mol. The van der Waals surface area contributed by atoms with E-state index in [1.165, 1.54) is 4.88 Å². The molecule has 2 heterocycles. The fourth-order valence-corrected chi connectivity index (χ4v) is 3.56. The lowest BCUT2D eigenvalue weighted by Gasteiger charge is -2.23. The number of carbonyl (C=O) groups excluding carboxylic acids is 1. The van der Waals surface area contributed by atoms with Crippen molar-refractivity contribution in [2.75, 3.05) is 19.0 Å². The third-order valence-corrected chi connectivity index (χ3v) is 4.61. The van der Waals surface area contributed by atoms with Crippen LogP contribution in [-0.4, -0.2) is 19.6 Å². The SMILES string of the molecule is C#CCOc1ccc(C2CC(=O)Nc3ccsc32)cc1OC. The third-order valence-electron chi connectivity index (χ3n) is 3.58. The van der Waals surface area contributed by atoms with Gasteiger partial charge in [0.15, 0.2) is 11.5 Å². The summed E-state index contributed by atoms with van der Waals surface area (Å²) in [4.78, 5) is 13.1. The molecular formula is C17H15NO3S. The fourth-order valence-electron chi connectivity index (χ4n) is 2.58. The van der Waals surface area contributed by atoms with Crippen LogP contribution >= 0.6 is 11.3 Å². The molecule has 0 saturated heterocycles. The highest BCUT2D eigenvalue weighted by Gasteiger charge is 2.28. The lowest BCUT2D eigenvalue weighted by molar-refractivity contribution is -0.116. The van der Waals surface area contributed by atoms with E-state index >= 15 is 0 Å². The lowest BCUT2D eigenvalue weighted by Crippen LogP contribution is -2.21. The fraction of sp³-hybridized carbons (Fsp3) is 0.235. The van der Waals surface area contributed by atoms with E-state index in [4.69, 9.17) is 15.9 Å². The van der Waals surface area contributed by atoms with E-state index in [-0.39, 0.29) is 18.4 Å². The minimum absolute atomic E-state index is 0.0301. The van der Waals surface area contributed by atoms with Gasteiger partial charge >= 0.3 is 0 Å². The van der Waals surface area contributed by atoms with Crippen molar-refractivity contribution in [2.45, 2.75) is 12.3 Å². The van der Waals surface area contributed by atoms with Crippen LogP contribution in [0.15, 0.2) is 29.6 Å². The van der Waals surface area contributed by atoms with Gasteiger partial charge in [-0.05, 0) is 29.1 Å². The summed E-state index contributed by atoms with van der Waals surface area (Å²) < 4.78 is 10.8. The average Bonchev–Trinajstić information content (AvgIpc) is 3.00. The van der Waals surface area contributed by atoms with Crippen molar-refractivity contribution >= 4 is 22.9 Å². The third kappa shape index (κ3) is 2.66. The molecule has 22 heavy (non-hydrogen) atoms. The molecule has 1 amide bonds. The van der Waals surface area contributed by atoms with Crippen LogP contribution in [0.3, 0.4) is 0 Å². The molecule has 1 aromatic carbocycles. The molecule has 1 aliphatic rings. The second kappa shape index (κ2) is 6.12. The Morgan fingerprint density at radius 3 is 3.05 bits per heavy atom. The summed E-state index contributed by atoms with van der Waals surface area (Å²) in [5.74, 6) is 3.73. The van der Waals surface area contributed by atoms with Crippen molar-refractivity contribution in [2.24, 2.45) is 0 Å². The normalized spacial score (nSPS) is 16.4. The van der Waals surface area contributed by atoms with Crippen LogP contribution in [0.1, 0.15) is 22.8 Å². The highest BCUT2D eigenvalue weighted by molar-refractivity contribution is 7.10. The van der Waals surface area contributed by atoms with E-state index < -0.39 is 0 Å². The summed E-state index contributed by atoms with van der Waals surface area (Å²) in [6, 6.07) is 7.65. The molecular weight excluding hydrogens is 298 g/mol. The quantitative estimate of drug-likeness (QED) is 0.882. The highest BCUT2D eigenvalue weighted by Crippen LogP contribution is 2.42. The Hall–Kier alpha value is -2.45. The van der Waals surface area contributed by atoms with Crippen LogP contribution < -0.4 is 14.8 Å². The van der Waals surface area contributed by atoms with Crippen molar-refractivity contribution in [1.82, 2.24) is 0 Å². The smallest absolute Gasteiger partial charge is 0.225 e. The number of nitrogens with one attached hydrogen (secondary N) is 1. The van der Waals surface area contributed by atoms with E-state index in [1.807, 2.05) is 29.6 Å². The van der Waals surface area contributed by atoms with Crippen LogP contribution in [0.25, 0.3) is 0 Å². The molecule has 1 N–H and O–H groups in total. The molecule has 0 radical (unpaired) electrons. The summed E-state index contributed by atoms with van der Waals surface area (Å²) in [6.45, 7) is 0.191. The number of methoxy groups -OCH3 is 1. The molecule has 1 aliphatic heterocycles. The zero-order valence-electron chi connectivity index (χ0n) is 12.1. The molecule has 0 bridgehead atoms. The van der Waals surface area contributed by atoms with Gasteiger partial charge in [-0.3, -0.25) is 4.79 Å². The lowest BCUT2D eigenvalue weighted by atomic mass is 9.90. The Morgan fingerprint density at radius 1 is 1.41 bits per heavy atom. The standard InChI is InChI=1S/C17H15NO3S/c1-3-7-21-14-5-4-11(9-15(14)20-2)12-10-16(19)18-13-6-8-22-17(12)13/h1,4-6,8-9,12H,7,10H2,2H3,(H,18,19). The van der Waals surface area contributed by atoms with Crippen LogP contribution in [0.4, 0.5) is 5.69 Å². The van der Waals surface area contributed by atoms with Gasteiger partial charge in [-0.2, -0.15) is 0 Å². The van der Waals surface area contributed by atoms with Crippen LogP contribution in [0.2, 0.25) is 0 Å².